The number of benzene rings is 1. The summed E-state index contributed by atoms with van der Waals surface area (Å²) in [6, 6.07) is 6.55. The van der Waals surface area contributed by atoms with Gasteiger partial charge in [0.1, 0.15) is 29.1 Å². The number of hydrogen-bond acceptors (Lipinski definition) is 7. The number of aliphatic hydroxyl groups is 1. The first-order valence-electron chi connectivity index (χ1n) is 9.40. The van der Waals surface area contributed by atoms with Gasteiger partial charge in [0, 0.05) is 23.7 Å². The van der Waals surface area contributed by atoms with Gasteiger partial charge in [-0.3, -0.25) is 9.59 Å². The molecule has 1 atom stereocenters. The van der Waals surface area contributed by atoms with Crippen molar-refractivity contribution in [3.8, 4) is 11.6 Å². The van der Waals surface area contributed by atoms with Crippen LogP contribution in [0.2, 0.25) is 0 Å². The molecule has 5 N–H and O–H groups in total. The van der Waals surface area contributed by atoms with Gasteiger partial charge >= 0.3 is 0 Å². The van der Waals surface area contributed by atoms with Gasteiger partial charge in [0.2, 0.25) is 11.8 Å². The van der Waals surface area contributed by atoms with Crippen molar-refractivity contribution < 1.29 is 29.0 Å². The topological polar surface area (TPSA) is 148 Å². The molecule has 2 amide bonds. The molecule has 0 spiro atoms. The summed E-state index contributed by atoms with van der Waals surface area (Å²) in [5.74, 6) is -0.665. The zero-order valence-electron chi connectivity index (χ0n) is 16.3. The Morgan fingerprint density at radius 2 is 2.20 bits per heavy atom. The quantitative estimate of drug-likeness (QED) is 0.477. The molecule has 0 bridgehead atoms. The third kappa shape index (κ3) is 2.94. The molecule has 9 heteroatoms. The zero-order valence-corrected chi connectivity index (χ0v) is 16.3. The molecular weight excluding hydrogens is 390 g/mol. The predicted octanol–water partition coefficient (Wildman–Crippen LogP) is 1.27. The second-order valence-electron chi connectivity index (χ2n) is 7.23. The average molecular weight is 411 g/mol. The minimum atomic E-state index is -1.33. The summed E-state index contributed by atoms with van der Waals surface area (Å²) in [6.45, 7) is 1.44. The number of aromatic nitrogens is 1. The first-order chi connectivity index (χ1) is 14.4. The van der Waals surface area contributed by atoms with Crippen molar-refractivity contribution in [1.29, 1.82) is 0 Å². The second kappa shape index (κ2) is 7.34. The van der Waals surface area contributed by atoms with Gasteiger partial charge in [-0.05, 0) is 37.6 Å². The van der Waals surface area contributed by atoms with Crippen LogP contribution >= 0.6 is 0 Å². The molecule has 1 fully saturated rings. The van der Waals surface area contributed by atoms with Crippen LogP contribution in [-0.2, 0) is 16.8 Å². The van der Waals surface area contributed by atoms with Crippen molar-refractivity contribution in [2.24, 2.45) is 5.73 Å². The number of pyridine rings is 1. The fourth-order valence-corrected chi connectivity index (χ4v) is 4.02. The van der Waals surface area contributed by atoms with Crippen molar-refractivity contribution in [2.75, 3.05) is 13.2 Å². The molecule has 30 heavy (non-hydrogen) atoms. The van der Waals surface area contributed by atoms with Crippen LogP contribution in [0.4, 0.5) is 0 Å². The number of primary amides is 1. The van der Waals surface area contributed by atoms with Crippen LogP contribution in [0.5, 0.6) is 11.6 Å². The highest BCUT2D eigenvalue weighted by Gasteiger charge is 2.47. The van der Waals surface area contributed by atoms with E-state index in [-0.39, 0.29) is 29.7 Å². The van der Waals surface area contributed by atoms with Crippen molar-refractivity contribution in [2.45, 2.75) is 25.4 Å². The lowest BCUT2D eigenvalue weighted by Crippen LogP contribution is -2.39. The van der Waals surface area contributed by atoms with Gasteiger partial charge in [-0.2, -0.15) is 0 Å². The average Bonchev–Trinajstić information content (AvgIpc) is 3.26. The number of rotatable bonds is 6. The third-order valence-electron chi connectivity index (χ3n) is 5.51. The molecule has 156 valence electrons. The van der Waals surface area contributed by atoms with Crippen molar-refractivity contribution in [1.82, 2.24) is 10.3 Å². The van der Waals surface area contributed by atoms with Crippen molar-refractivity contribution in [3.63, 3.8) is 0 Å². The largest absolute Gasteiger partial charge is 0.493 e. The SMILES string of the molecule is Cc1oc2ccc(OCc3cccnc3O)c(C3(CO)CCNC3=O)c2c1C(N)=O. The number of aryl methyl sites for hydroxylation is 1. The van der Waals surface area contributed by atoms with Gasteiger partial charge < -0.3 is 30.4 Å². The maximum Gasteiger partial charge on any atom is 0.252 e. The van der Waals surface area contributed by atoms with Crippen LogP contribution in [0.3, 0.4) is 0 Å². The number of fused-ring (bicyclic) bond motifs is 1. The summed E-state index contributed by atoms with van der Waals surface area (Å²) < 4.78 is 11.7. The number of nitrogens with zero attached hydrogens (tertiary/aromatic N) is 1. The van der Waals surface area contributed by atoms with Crippen molar-refractivity contribution in [3.05, 3.63) is 52.9 Å². The third-order valence-corrected chi connectivity index (χ3v) is 5.51. The smallest absolute Gasteiger partial charge is 0.252 e. The van der Waals surface area contributed by atoms with Gasteiger partial charge in [-0.25, -0.2) is 4.98 Å². The molecule has 0 radical (unpaired) electrons. The minimum absolute atomic E-state index is 0.0377. The highest BCUT2D eigenvalue weighted by Crippen LogP contribution is 2.45. The highest BCUT2D eigenvalue weighted by molar-refractivity contribution is 6.10. The van der Waals surface area contributed by atoms with E-state index in [4.69, 9.17) is 14.9 Å². The lowest BCUT2D eigenvalue weighted by Gasteiger charge is -2.27. The number of aromatic hydroxyl groups is 1. The normalized spacial score (nSPS) is 18.5. The van der Waals surface area contributed by atoms with Crippen LogP contribution in [0.15, 0.2) is 34.9 Å². The Morgan fingerprint density at radius 3 is 2.83 bits per heavy atom. The molecule has 4 rings (SSSR count). The first-order valence-corrected chi connectivity index (χ1v) is 9.40. The number of hydrogen-bond donors (Lipinski definition) is 4. The molecule has 1 aliphatic rings. The van der Waals surface area contributed by atoms with Crippen LogP contribution in [0, 0.1) is 6.92 Å². The van der Waals surface area contributed by atoms with E-state index in [9.17, 15) is 19.8 Å². The Bertz CT molecular complexity index is 1160. The van der Waals surface area contributed by atoms with E-state index in [1.165, 1.54) is 6.20 Å². The van der Waals surface area contributed by atoms with Gasteiger partial charge in [0.15, 0.2) is 0 Å². The Labute approximate surface area is 171 Å². The minimum Gasteiger partial charge on any atom is -0.493 e. The molecule has 1 unspecified atom stereocenters. The molecule has 0 saturated carbocycles. The molecule has 1 saturated heterocycles. The summed E-state index contributed by atoms with van der Waals surface area (Å²) in [5, 5.41) is 23.3. The summed E-state index contributed by atoms with van der Waals surface area (Å²) in [7, 11) is 0. The standard InChI is InChI=1S/C21H21N3O6/c1-11-15(18(22)26)16-13(30-11)4-5-14(29-9-12-3-2-7-23-19(12)27)17(16)21(10-25)6-8-24-20(21)28/h2-5,7,25H,6,8-10H2,1H3,(H2,22,26)(H,23,27)(H,24,28). The molecule has 1 aromatic carbocycles. The monoisotopic (exact) mass is 411 g/mol. The molecule has 3 aromatic rings. The Hall–Kier alpha value is -3.59. The van der Waals surface area contributed by atoms with E-state index >= 15 is 0 Å². The van der Waals surface area contributed by atoms with Crippen molar-refractivity contribution >= 4 is 22.8 Å². The van der Waals surface area contributed by atoms with Gasteiger partial charge in [0.05, 0.1) is 17.7 Å². The molecule has 1 aliphatic heterocycles. The Morgan fingerprint density at radius 1 is 1.40 bits per heavy atom. The second-order valence-corrected chi connectivity index (χ2v) is 7.23. The lowest BCUT2D eigenvalue weighted by atomic mass is 9.76. The molecule has 0 aliphatic carbocycles. The number of aliphatic hydroxyl groups excluding tert-OH is 1. The summed E-state index contributed by atoms with van der Waals surface area (Å²) in [6.07, 6.45) is 1.76. The van der Waals surface area contributed by atoms with E-state index in [0.717, 1.165) is 0 Å². The molecule has 2 aromatic heterocycles. The number of nitrogens with one attached hydrogen (secondary N) is 1. The highest BCUT2D eigenvalue weighted by atomic mass is 16.5. The predicted molar refractivity (Wildman–Crippen MR) is 106 cm³/mol. The summed E-state index contributed by atoms with van der Waals surface area (Å²) in [4.78, 5) is 28.8. The van der Waals surface area contributed by atoms with Gasteiger partial charge in [0.25, 0.3) is 5.91 Å². The van der Waals surface area contributed by atoms with E-state index in [1.807, 2.05) is 0 Å². The van der Waals surface area contributed by atoms with Gasteiger partial charge in [-0.15, -0.1) is 0 Å². The number of ether oxygens (including phenoxy) is 1. The van der Waals surface area contributed by atoms with E-state index < -0.39 is 17.9 Å². The number of amides is 2. The number of carbonyl (C=O) groups is 2. The van der Waals surface area contributed by atoms with E-state index in [1.54, 1.807) is 31.2 Å². The number of furan rings is 1. The fourth-order valence-electron chi connectivity index (χ4n) is 4.02. The fraction of sp³-hybridized carbons (Fsp3) is 0.286. The maximum absolute atomic E-state index is 12.8. The zero-order chi connectivity index (χ0) is 21.5. The lowest BCUT2D eigenvalue weighted by molar-refractivity contribution is -0.125. The van der Waals surface area contributed by atoms with Gasteiger partial charge in [-0.1, -0.05) is 0 Å². The number of nitrogens with two attached hydrogens (primary N) is 1. The molecule has 9 nitrogen and oxygen atoms in total. The van der Waals surface area contributed by atoms with Crippen LogP contribution in [-0.4, -0.2) is 40.2 Å². The van der Waals surface area contributed by atoms with E-state index in [0.29, 0.717) is 40.8 Å². The Balaban J connectivity index is 1.94. The van der Waals surface area contributed by atoms with Crippen LogP contribution in [0.25, 0.3) is 11.0 Å². The van der Waals surface area contributed by atoms with Crippen LogP contribution in [0.1, 0.15) is 33.7 Å². The first kappa shape index (κ1) is 19.7. The summed E-state index contributed by atoms with van der Waals surface area (Å²) >= 11 is 0. The maximum atomic E-state index is 12.8. The van der Waals surface area contributed by atoms with Crippen LogP contribution < -0.4 is 15.8 Å². The molecule has 3 heterocycles. The summed E-state index contributed by atoms with van der Waals surface area (Å²) in [5.41, 5.74) is 5.56. The Kier molecular flexibility index (Phi) is 4.83. The van der Waals surface area contributed by atoms with E-state index in [2.05, 4.69) is 10.3 Å². The molecular formula is C21H21N3O6. The number of carbonyl (C=O) groups excluding carboxylic acids is 2.